The molecule has 0 bridgehead atoms. The Balaban J connectivity index is 2.20. The molecule has 0 N–H and O–H groups in total. The Labute approximate surface area is 110 Å². The largest absolute Gasteiger partial charge is 0.378 e. The number of carbonyl (C=O) groups excluding carboxylic acids is 1. The van der Waals surface area contributed by atoms with E-state index in [0.717, 1.165) is 43.5 Å². The van der Waals surface area contributed by atoms with Gasteiger partial charge in [-0.3, -0.25) is 0 Å². The highest BCUT2D eigenvalue weighted by Crippen LogP contribution is 2.26. The number of benzene rings is 1. The van der Waals surface area contributed by atoms with Crippen LogP contribution in [0.25, 0.3) is 0 Å². The van der Waals surface area contributed by atoms with Gasteiger partial charge in [0.25, 0.3) is 0 Å². The number of carbonyl (C=O) groups is 1. The molecule has 0 radical (unpaired) electrons. The van der Waals surface area contributed by atoms with Gasteiger partial charge in [-0.1, -0.05) is 15.9 Å². The van der Waals surface area contributed by atoms with Crippen molar-refractivity contribution in [2.75, 3.05) is 31.2 Å². The van der Waals surface area contributed by atoms with E-state index in [1.807, 2.05) is 0 Å². The summed E-state index contributed by atoms with van der Waals surface area (Å²) < 4.78 is 6.42. The van der Waals surface area contributed by atoms with Crippen LogP contribution in [0, 0.1) is 0 Å². The van der Waals surface area contributed by atoms with Gasteiger partial charge in [-0.05, 0) is 30.2 Å². The molecule has 1 aliphatic rings. The van der Waals surface area contributed by atoms with Crippen LogP contribution in [0.3, 0.4) is 0 Å². The van der Waals surface area contributed by atoms with Gasteiger partial charge in [0.15, 0.2) is 0 Å². The van der Waals surface area contributed by atoms with E-state index in [1.165, 1.54) is 11.3 Å². The third-order valence-electron chi connectivity index (χ3n) is 2.92. The molecule has 1 fully saturated rings. The highest BCUT2D eigenvalue weighted by atomic mass is 79.9. The van der Waals surface area contributed by atoms with E-state index in [2.05, 4.69) is 39.0 Å². The maximum Gasteiger partial charge on any atom is 0.120 e. The molecule has 1 aromatic carbocycles. The van der Waals surface area contributed by atoms with Crippen LogP contribution in [0.5, 0.6) is 0 Å². The molecule has 1 aliphatic heterocycles. The minimum atomic E-state index is 0.577. The highest BCUT2D eigenvalue weighted by molar-refractivity contribution is 9.10. The summed E-state index contributed by atoms with van der Waals surface area (Å²) in [6.45, 7) is 3.41. The quantitative estimate of drug-likeness (QED) is 0.800. The second-order valence-corrected chi connectivity index (χ2v) is 4.99. The van der Waals surface area contributed by atoms with Crippen molar-refractivity contribution in [1.82, 2.24) is 0 Å². The van der Waals surface area contributed by atoms with Gasteiger partial charge in [-0.15, -0.1) is 0 Å². The highest BCUT2D eigenvalue weighted by Gasteiger charge is 2.14. The Hall–Kier alpha value is -0.870. The summed E-state index contributed by atoms with van der Waals surface area (Å²) in [5.41, 5.74) is 2.46. The first-order valence-electron chi connectivity index (χ1n) is 5.86. The van der Waals surface area contributed by atoms with E-state index < -0.39 is 0 Å². The van der Waals surface area contributed by atoms with E-state index in [0.29, 0.717) is 6.42 Å². The van der Waals surface area contributed by atoms with E-state index in [-0.39, 0.29) is 0 Å². The van der Waals surface area contributed by atoms with E-state index in [1.54, 1.807) is 0 Å². The smallest absolute Gasteiger partial charge is 0.120 e. The Morgan fingerprint density at radius 1 is 1.35 bits per heavy atom. The molecular weight excluding hydrogens is 282 g/mol. The third kappa shape index (κ3) is 3.30. The summed E-state index contributed by atoms with van der Waals surface area (Å²) in [5, 5.41) is 0. The Bertz CT molecular complexity index is 389. The van der Waals surface area contributed by atoms with Crippen molar-refractivity contribution >= 4 is 27.9 Å². The average molecular weight is 298 g/mol. The van der Waals surface area contributed by atoms with Crippen LogP contribution in [0.15, 0.2) is 22.7 Å². The van der Waals surface area contributed by atoms with Gasteiger partial charge in [-0.2, -0.15) is 0 Å². The van der Waals surface area contributed by atoms with Gasteiger partial charge in [-0.25, -0.2) is 0 Å². The van der Waals surface area contributed by atoms with Crippen LogP contribution < -0.4 is 4.90 Å². The molecule has 4 heteroatoms. The number of anilines is 1. The van der Waals surface area contributed by atoms with Crippen molar-refractivity contribution in [3.05, 3.63) is 28.2 Å². The topological polar surface area (TPSA) is 29.5 Å². The monoisotopic (exact) mass is 297 g/mol. The number of hydrogen-bond donors (Lipinski definition) is 0. The minimum absolute atomic E-state index is 0.577. The number of aryl methyl sites for hydroxylation is 1. The third-order valence-corrected chi connectivity index (χ3v) is 3.42. The second-order valence-electron chi connectivity index (χ2n) is 4.08. The van der Waals surface area contributed by atoms with E-state index >= 15 is 0 Å². The van der Waals surface area contributed by atoms with E-state index in [4.69, 9.17) is 4.74 Å². The molecule has 2 rings (SSSR count). The zero-order valence-corrected chi connectivity index (χ0v) is 11.3. The number of nitrogens with zero attached hydrogens (tertiary/aromatic N) is 1. The first-order valence-corrected chi connectivity index (χ1v) is 6.65. The maximum absolute atomic E-state index is 10.5. The lowest BCUT2D eigenvalue weighted by Gasteiger charge is -2.30. The molecule has 0 atom stereocenters. The molecule has 0 aliphatic carbocycles. The molecule has 0 aromatic heterocycles. The fourth-order valence-electron chi connectivity index (χ4n) is 2.08. The molecule has 1 aromatic rings. The fraction of sp³-hybridized carbons (Fsp3) is 0.462. The first kappa shape index (κ1) is 12.6. The van der Waals surface area contributed by atoms with Gasteiger partial charge in [0.1, 0.15) is 6.29 Å². The predicted octanol–water partition coefficient (Wildman–Crippen LogP) is 2.42. The zero-order chi connectivity index (χ0) is 12.1. The summed E-state index contributed by atoms with van der Waals surface area (Å²) in [7, 11) is 0. The standard InChI is InChI=1S/C13H16BrNO2/c14-12-3-4-13(11(10-12)2-1-7-16)15-5-8-17-9-6-15/h3-4,7,10H,1-2,5-6,8-9H2. The summed E-state index contributed by atoms with van der Waals surface area (Å²) in [5.74, 6) is 0. The van der Waals surface area contributed by atoms with Crippen molar-refractivity contribution in [3.63, 3.8) is 0 Å². The molecule has 92 valence electrons. The Morgan fingerprint density at radius 2 is 2.12 bits per heavy atom. The van der Waals surface area contributed by atoms with Gasteiger partial charge < -0.3 is 14.4 Å². The van der Waals surface area contributed by atoms with Crippen molar-refractivity contribution in [2.45, 2.75) is 12.8 Å². The van der Waals surface area contributed by atoms with Crippen molar-refractivity contribution < 1.29 is 9.53 Å². The Kier molecular flexibility index (Phi) is 4.57. The number of rotatable bonds is 4. The van der Waals surface area contributed by atoms with Gasteiger partial charge in [0.2, 0.25) is 0 Å². The van der Waals surface area contributed by atoms with Crippen LogP contribution in [0.4, 0.5) is 5.69 Å². The lowest BCUT2D eigenvalue weighted by molar-refractivity contribution is -0.107. The molecular formula is C13H16BrNO2. The van der Waals surface area contributed by atoms with Crippen LogP contribution in [0.1, 0.15) is 12.0 Å². The molecule has 0 unspecified atom stereocenters. The SMILES string of the molecule is O=CCCc1cc(Br)ccc1N1CCOCC1. The van der Waals surface area contributed by atoms with Gasteiger partial charge in [0.05, 0.1) is 13.2 Å². The van der Waals surface area contributed by atoms with Crippen molar-refractivity contribution in [2.24, 2.45) is 0 Å². The zero-order valence-electron chi connectivity index (χ0n) is 9.69. The summed E-state index contributed by atoms with van der Waals surface area (Å²) in [6.07, 6.45) is 2.35. The number of hydrogen-bond acceptors (Lipinski definition) is 3. The van der Waals surface area contributed by atoms with Crippen LogP contribution >= 0.6 is 15.9 Å². The number of aldehydes is 1. The molecule has 1 saturated heterocycles. The van der Waals surface area contributed by atoms with Crippen molar-refractivity contribution in [1.29, 1.82) is 0 Å². The number of morpholine rings is 1. The van der Waals surface area contributed by atoms with Gasteiger partial charge >= 0.3 is 0 Å². The molecule has 17 heavy (non-hydrogen) atoms. The maximum atomic E-state index is 10.5. The van der Waals surface area contributed by atoms with Gasteiger partial charge in [0, 0.05) is 29.7 Å². The minimum Gasteiger partial charge on any atom is -0.378 e. The van der Waals surface area contributed by atoms with Crippen LogP contribution in [-0.2, 0) is 16.0 Å². The number of ether oxygens (including phenoxy) is 1. The van der Waals surface area contributed by atoms with Crippen molar-refractivity contribution in [3.8, 4) is 0 Å². The van der Waals surface area contributed by atoms with E-state index in [9.17, 15) is 4.79 Å². The fourth-order valence-corrected chi connectivity index (χ4v) is 2.49. The lowest BCUT2D eigenvalue weighted by Crippen LogP contribution is -2.36. The molecule has 0 saturated carbocycles. The molecule has 0 spiro atoms. The van der Waals surface area contributed by atoms with Crippen LogP contribution in [-0.4, -0.2) is 32.6 Å². The molecule has 3 nitrogen and oxygen atoms in total. The normalized spacial score (nSPS) is 15.9. The second kappa shape index (κ2) is 6.17. The molecule has 1 heterocycles. The Morgan fingerprint density at radius 3 is 2.82 bits per heavy atom. The first-order chi connectivity index (χ1) is 8.31. The summed E-state index contributed by atoms with van der Waals surface area (Å²) in [6, 6.07) is 6.28. The average Bonchev–Trinajstić information content (AvgIpc) is 2.37. The molecule has 0 amide bonds. The van der Waals surface area contributed by atoms with Crippen LogP contribution in [0.2, 0.25) is 0 Å². The lowest BCUT2D eigenvalue weighted by atomic mass is 10.1. The number of halogens is 1. The predicted molar refractivity (Wildman–Crippen MR) is 71.6 cm³/mol. The summed E-state index contributed by atoms with van der Waals surface area (Å²) in [4.78, 5) is 12.8. The summed E-state index contributed by atoms with van der Waals surface area (Å²) >= 11 is 3.48.